The molecule has 1 aromatic heterocycles. The van der Waals surface area contributed by atoms with Crippen LogP contribution in [0.25, 0.3) is 0 Å². The molecule has 0 atom stereocenters. The van der Waals surface area contributed by atoms with Crippen molar-refractivity contribution in [2.75, 3.05) is 6.61 Å². The third-order valence-corrected chi connectivity index (χ3v) is 3.76. The van der Waals surface area contributed by atoms with Gasteiger partial charge in [-0.25, -0.2) is 4.79 Å². The average Bonchev–Trinajstić information content (AvgIpc) is 2.79. The van der Waals surface area contributed by atoms with Crippen LogP contribution in [0.2, 0.25) is 0 Å². The standard InChI is InChI=1S/C11H11F3O5S2/c1-2-18-10(15)6-9(5-8-3-4-20-7-8)19-21(16,17)11(12,13)14/h3-4,6-7H,2,5H2,1H3/b9-6-. The van der Waals surface area contributed by atoms with Gasteiger partial charge in [0.05, 0.1) is 12.7 Å². The maximum Gasteiger partial charge on any atom is 0.534 e. The summed E-state index contributed by atoms with van der Waals surface area (Å²) in [6, 6.07) is 1.56. The fourth-order valence-electron chi connectivity index (χ4n) is 1.20. The molecule has 0 aliphatic heterocycles. The van der Waals surface area contributed by atoms with Gasteiger partial charge in [0.25, 0.3) is 0 Å². The number of carbonyl (C=O) groups is 1. The highest BCUT2D eigenvalue weighted by Gasteiger charge is 2.48. The number of rotatable bonds is 6. The van der Waals surface area contributed by atoms with Crippen molar-refractivity contribution in [2.24, 2.45) is 0 Å². The largest absolute Gasteiger partial charge is 0.534 e. The Kier molecular flexibility index (Phi) is 5.78. The summed E-state index contributed by atoms with van der Waals surface area (Å²) in [5.41, 5.74) is -5.07. The molecule has 0 aromatic carbocycles. The summed E-state index contributed by atoms with van der Waals surface area (Å²) in [7, 11) is -5.83. The van der Waals surface area contributed by atoms with Crippen LogP contribution in [-0.4, -0.2) is 26.5 Å². The zero-order valence-corrected chi connectivity index (χ0v) is 12.3. The number of hydrogen-bond acceptors (Lipinski definition) is 6. The number of hydrogen-bond donors (Lipinski definition) is 0. The van der Waals surface area contributed by atoms with Gasteiger partial charge in [0.1, 0.15) is 5.76 Å². The minimum Gasteiger partial charge on any atom is -0.463 e. The van der Waals surface area contributed by atoms with Crippen LogP contribution in [0.5, 0.6) is 0 Å². The average molecular weight is 344 g/mol. The van der Waals surface area contributed by atoms with Crippen molar-refractivity contribution in [2.45, 2.75) is 18.9 Å². The molecule has 0 unspecified atom stereocenters. The van der Waals surface area contributed by atoms with Crippen LogP contribution in [0.1, 0.15) is 12.5 Å². The molecular weight excluding hydrogens is 333 g/mol. The van der Waals surface area contributed by atoms with Crippen LogP contribution in [-0.2, 0) is 30.3 Å². The Hall–Kier alpha value is -1.55. The number of alkyl halides is 3. The van der Waals surface area contributed by atoms with E-state index in [2.05, 4.69) is 8.92 Å². The second kappa shape index (κ2) is 6.94. The second-order valence-electron chi connectivity index (χ2n) is 3.65. The van der Waals surface area contributed by atoms with Gasteiger partial charge in [-0.1, -0.05) is 0 Å². The van der Waals surface area contributed by atoms with Gasteiger partial charge < -0.3 is 8.92 Å². The van der Waals surface area contributed by atoms with E-state index in [1.165, 1.54) is 18.3 Å². The maximum atomic E-state index is 12.3. The van der Waals surface area contributed by atoms with E-state index in [-0.39, 0.29) is 13.0 Å². The van der Waals surface area contributed by atoms with Crippen LogP contribution < -0.4 is 0 Å². The SMILES string of the molecule is CCOC(=O)/C=C(/Cc1ccsc1)OS(=O)(=O)C(F)(F)F. The minimum atomic E-state index is -5.83. The second-order valence-corrected chi connectivity index (χ2v) is 5.97. The van der Waals surface area contributed by atoms with Crippen LogP contribution in [0.15, 0.2) is 28.7 Å². The van der Waals surface area contributed by atoms with Crippen molar-refractivity contribution < 1.29 is 35.3 Å². The topological polar surface area (TPSA) is 69.7 Å². The molecule has 0 spiro atoms. The molecular formula is C11H11F3O5S2. The first-order valence-electron chi connectivity index (χ1n) is 5.55. The first-order chi connectivity index (χ1) is 9.65. The van der Waals surface area contributed by atoms with Crippen LogP contribution >= 0.6 is 11.3 Å². The summed E-state index contributed by atoms with van der Waals surface area (Å²) >= 11 is 1.26. The predicted molar refractivity (Wildman–Crippen MR) is 68.8 cm³/mol. The molecule has 1 heterocycles. The molecule has 5 nitrogen and oxygen atoms in total. The van der Waals surface area contributed by atoms with E-state index in [1.807, 2.05) is 0 Å². The fourth-order valence-corrected chi connectivity index (χ4v) is 2.35. The fraction of sp³-hybridized carbons (Fsp3) is 0.364. The Bertz CT molecular complexity index is 602. The van der Waals surface area contributed by atoms with Crippen molar-refractivity contribution in [1.82, 2.24) is 0 Å². The summed E-state index contributed by atoms with van der Waals surface area (Å²) in [6.45, 7) is 1.49. The lowest BCUT2D eigenvalue weighted by atomic mass is 10.2. The van der Waals surface area contributed by atoms with Gasteiger partial charge in [0.15, 0.2) is 0 Å². The Balaban J connectivity index is 3.00. The number of esters is 1. The molecule has 0 aliphatic rings. The van der Waals surface area contributed by atoms with Gasteiger partial charge in [-0.15, -0.1) is 0 Å². The molecule has 10 heteroatoms. The molecule has 1 aromatic rings. The van der Waals surface area contributed by atoms with Gasteiger partial charge in [-0.3, -0.25) is 0 Å². The van der Waals surface area contributed by atoms with E-state index in [9.17, 15) is 26.4 Å². The Labute approximate surface area is 123 Å². The van der Waals surface area contributed by atoms with Crippen molar-refractivity contribution in [1.29, 1.82) is 0 Å². The minimum absolute atomic E-state index is 0.00686. The zero-order chi connectivity index (χ0) is 16.1. The van der Waals surface area contributed by atoms with E-state index >= 15 is 0 Å². The zero-order valence-electron chi connectivity index (χ0n) is 10.7. The van der Waals surface area contributed by atoms with Gasteiger partial charge in [-0.2, -0.15) is 32.9 Å². The van der Waals surface area contributed by atoms with Gasteiger partial charge in [0, 0.05) is 6.42 Å². The quantitative estimate of drug-likeness (QED) is 0.261. The Morgan fingerprint density at radius 3 is 2.57 bits per heavy atom. The Morgan fingerprint density at radius 1 is 1.43 bits per heavy atom. The number of carbonyl (C=O) groups excluding carboxylic acids is 1. The predicted octanol–water partition coefficient (Wildman–Crippen LogP) is 2.60. The van der Waals surface area contributed by atoms with Gasteiger partial charge in [-0.05, 0) is 29.3 Å². The monoisotopic (exact) mass is 344 g/mol. The third kappa shape index (κ3) is 5.38. The molecule has 0 fully saturated rings. The van der Waals surface area contributed by atoms with Crippen LogP contribution in [0.4, 0.5) is 13.2 Å². The van der Waals surface area contributed by atoms with Crippen molar-refractivity contribution in [3.8, 4) is 0 Å². The summed E-state index contributed by atoms with van der Waals surface area (Å²) in [5.74, 6) is -1.65. The van der Waals surface area contributed by atoms with Gasteiger partial charge in [0.2, 0.25) is 0 Å². The Morgan fingerprint density at radius 2 is 2.10 bits per heavy atom. The van der Waals surface area contributed by atoms with Crippen LogP contribution in [0, 0.1) is 0 Å². The molecule has 118 valence electrons. The van der Waals surface area contributed by atoms with E-state index in [4.69, 9.17) is 0 Å². The molecule has 0 radical (unpaired) electrons. The highest BCUT2D eigenvalue weighted by Crippen LogP contribution is 2.27. The van der Waals surface area contributed by atoms with E-state index in [0.717, 1.165) is 0 Å². The lowest BCUT2D eigenvalue weighted by molar-refractivity contribution is -0.137. The molecule has 0 amide bonds. The molecule has 0 N–H and O–H groups in total. The number of thiophene rings is 1. The molecule has 0 bridgehead atoms. The van der Waals surface area contributed by atoms with Crippen LogP contribution in [0.3, 0.4) is 0 Å². The first kappa shape index (κ1) is 17.5. The number of ether oxygens (including phenoxy) is 1. The summed E-state index contributed by atoms with van der Waals surface area (Å²) in [4.78, 5) is 11.3. The smallest absolute Gasteiger partial charge is 0.463 e. The van der Waals surface area contributed by atoms with E-state index in [1.54, 1.807) is 16.8 Å². The van der Waals surface area contributed by atoms with E-state index < -0.39 is 27.4 Å². The number of halogens is 3. The maximum absolute atomic E-state index is 12.3. The summed E-state index contributed by atoms with van der Waals surface area (Å²) < 4.78 is 67.4. The molecule has 0 aliphatic carbocycles. The van der Waals surface area contributed by atoms with Crippen molar-refractivity contribution >= 4 is 27.4 Å². The summed E-state index contributed by atoms with van der Waals surface area (Å²) in [5, 5.41) is 3.23. The van der Waals surface area contributed by atoms with Crippen molar-refractivity contribution in [3.05, 3.63) is 34.2 Å². The number of allylic oxidation sites excluding steroid dienone is 1. The normalized spacial score (nSPS) is 13.0. The van der Waals surface area contributed by atoms with E-state index in [0.29, 0.717) is 11.6 Å². The molecule has 0 saturated carbocycles. The first-order valence-corrected chi connectivity index (χ1v) is 7.90. The lowest BCUT2D eigenvalue weighted by Gasteiger charge is -2.12. The highest BCUT2D eigenvalue weighted by molar-refractivity contribution is 7.87. The van der Waals surface area contributed by atoms with Gasteiger partial charge >= 0.3 is 21.6 Å². The molecule has 1 rings (SSSR count). The lowest BCUT2D eigenvalue weighted by Crippen LogP contribution is -2.26. The molecule has 0 saturated heterocycles. The van der Waals surface area contributed by atoms with Crippen molar-refractivity contribution in [3.63, 3.8) is 0 Å². The molecule has 21 heavy (non-hydrogen) atoms. The summed E-state index contributed by atoms with van der Waals surface area (Å²) in [6.07, 6.45) is 0.308. The highest BCUT2D eigenvalue weighted by atomic mass is 32.2. The third-order valence-electron chi connectivity index (χ3n) is 2.02.